The van der Waals surface area contributed by atoms with E-state index in [9.17, 15) is 4.79 Å². The summed E-state index contributed by atoms with van der Waals surface area (Å²) in [7, 11) is 0. The molecule has 4 heteroatoms. The lowest BCUT2D eigenvalue weighted by Gasteiger charge is -2.31. The molecule has 82 valence electrons. The van der Waals surface area contributed by atoms with Gasteiger partial charge in [-0.05, 0) is 30.2 Å². The lowest BCUT2D eigenvalue weighted by molar-refractivity contribution is 0.0958. The van der Waals surface area contributed by atoms with Crippen molar-refractivity contribution < 1.29 is 4.79 Å². The summed E-state index contributed by atoms with van der Waals surface area (Å²) >= 11 is 1.43. The zero-order valence-electron chi connectivity index (χ0n) is 8.72. The van der Waals surface area contributed by atoms with Gasteiger partial charge in [0.15, 0.2) is 0 Å². The van der Waals surface area contributed by atoms with Crippen molar-refractivity contribution >= 4 is 23.0 Å². The van der Waals surface area contributed by atoms with Gasteiger partial charge in [-0.1, -0.05) is 18.2 Å². The largest absolute Gasteiger partial charge is 0.281 e. The van der Waals surface area contributed by atoms with Crippen LogP contribution in [0.4, 0.5) is 0 Å². The minimum absolute atomic E-state index is 0.100. The van der Waals surface area contributed by atoms with E-state index in [2.05, 4.69) is 22.7 Å². The Labute approximate surface area is 97.9 Å². The van der Waals surface area contributed by atoms with Gasteiger partial charge in [-0.25, -0.2) is 5.43 Å². The minimum Gasteiger partial charge on any atom is -0.266 e. The first kappa shape index (κ1) is 9.78. The molecule has 0 saturated heterocycles. The Balaban J connectivity index is 1.61. The van der Waals surface area contributed by atoms with Crippen LogP contribution in [0.3, 0.4) is 0 Å². The third kappa shape index (κ3) is 1.59. The van der Waals surface area contributed by atoms with Crippen LogP contribution in [0.25, 0.3) is 0 Å². The van der Waals surface area contributed by atoms with Crippen LogP contribution in [0.15, 0.2) is 34.8 Å². The second-order valence-corrected chi connectivity index (χ2v) is 5.11. The summed E-state index contributed by atoms with van der Waals surface area (Å²) in [4.78, 5) is 12.3. The molecule has 3 rings (SSSR count). The Kier molecular flexibility index (Phi) is 2.36. The smallest absolute Gasteiger partial charge is 0.266 e. The van der Waals surface area contributed by atoms with E-state index >= 15 is 0 Å². The molecule has 0 spiro atoms. The number of nitrogens with zero attached hydrogens (tertiary/aromatic N) is 1. The standard InChI is InChI=1S/C12H12N2OS/c15-12(11-5-2-6-16-11)14-13-10-7-8-3-1-4-9(8)10/h1-3,5-6,8-9H,4,7H2,(H,14,15)/b13-10+/t8?,9-/m0/s1. The predicted molar refractivity (Wildman–Crippen MR) is 64.6 cm³/mol. The number of amides is 1. The van der Waals surface area contributed by atoms with Gasteiger partial charge in [0.25, 0.3) is 5.91 Å². The van der Waals surface area contributed by atoms with Crippen molar-refractivity contribution in [2.24, 2.45) is 16.9 Å². The molecule has 0 radical (unpaired) electrons. The lowest BCUT2D eigenvalue weighted by Crippen LogP contribution is -2.35. The first-order valence-corrected chi connectivity index (χ1v) is 6.29. The highest BCUT2D eigenvalue weighted by atomic mass is 32.1. The molecule has 1 aromatic rings. The predicted octanol–water partition coefficient (Wildman–Crippen LogP) is 2.43. The van der Waals surface area contributed by atoms with Crippen LogP contribution in [0.1, 0.15) is 22.5 Å². The van der Waals surface area contributed by atoms with E-state index in [-0.39, 0.29) is 5.91 Å². The van der Waals surface area contributed by atoms with Crippen molar-refractivity contribution in [3.63, 3.8) is 0 Å². The van der Waals surface area contributed by atoms with E-state index in [1.807, 2.05) is 11.4 Å². The normalized spacial score (nSPS) is 28.9. The van der Waals surface area contributed by atoms with Crippen molar-refractivity contribution in [1.29, 1.82) is 0 Å². The van der Waals surface area contributed by atoms with Gasteiger partial charge in [0, 0.05) is 11.6 Å². The molecule has 2 aliphatic carbocycles. The Bertz CT molecular complexity index is 461. The summed E-state index contributed by atoms with van der Waals surface area (Å²) in [6.07, 6.45) is 6.55. The molecule has 0 bridgehead atoms. The van der Waals surface area contributed by atoms with Crippen molar-refractivity contribution in [3.8, 4) is 0 Å². The second-order valence-electron chi connectivity index (χ2n) is 4.16. The highest BCUT2D eigenvalue weighted by Crippen LogP contribution is 2.40. The van der Waals surface area contributed by atoms with Gasteiger partial charge in [-0.2, -0.15) is 5.10 Å². The molecular formula is C12H12N2OS. The van der Waals surface area contributed by atoms with Gasteiger partial charge in [-0.15, -0.1) is 11.3 Å². The number of allylic oxidation sites excluding steroid dienone is 2. The average Bonchev–Trinajstić information content (AvgIpc) is 2.88. The summed E-state index contributed by atoms with van der Waals surface area (Å²) in [6, 6.07) is 3.67. The average molecular weight is 232 g/mol. The van der Waals surface area contributed by atoms with Crippen LogP contribution in [0, 0.1) is 11.8 Å². The Morgan fingerprint density at radius 1 is 1.56 bits per heavy atom. The summed E-state index contributed by atoms with van der Waals surface area (Å²) in [5.41, 5.74) is 3.77. The fourth-order valence-electron chi connectivity index (χ4n) is 2.25. The quantitative estimate of drug-likeness (QED) is 0.617. The summed E-state index contributed by atoms with van der Waals surface area (Å²) < 4.78 is 0. The van der Waals surface area contributed by atoms with E-state index in [0.29, 0.717) is 16.7 Å². The van der Waals surface area contributed by atoms with Crippen LogP contribution in [0.5, 0.6) is 0 Å². The first-order valence-electron chi connectivity index (χ1n) is 5.41. The third-order valence-corrected chi connectivity index (χ3v) is 4.08. The third-order valence-electron chi connectivity index (χ3n) is 3.21. The van der Waals surface area contributed by atoms with Gasteiger partial charge < -0.3 is 0 Å². The molecule has 16 heavy (non-hydrogen) atoms. The second kappa shape index (κ2) is 3.87. The molecule has 1 N–H and O–H groups in total. The van der Waals surface area contributed by atoms with E-state index in [1.54, 1.807) is 6.07 Å². The highest BCUT2D eigenvalue weighted by molar-refractivity contribution is 7.12. The summed E-state index contributed by atoms with van der Waals surface area (Å²) in [6.45, 7) is 0. The zero-order chi connectivity index (χ0) is 11.0. The topological polar surface area (TPSA) is 41.5 Å². The van der Waals surface area contributed by atoms with Crippen molar-refractivity contribution in [2.75, 3.05) is 0 Å². The maximum absolute atomic E-state index is 11.6. The molecule has 1 unspecified atom stereocenters. The van der Waals surface area contributed by atoms with E-state index < -0.39 is 0 Å². The van der Waals surface area contributed by atoms with Gasteiger partial charge in [-0.3, -0.25) is 4.79 Å². The molecule has 1 aromatic heterocycles. The van der Waals surface area contributed by atoms with Crippen molar-refractivity contribution in [3.05, 3.63) is 34.5 Å². The minimum atomic E-state index is -0.100. The highest BCUT2D eigenvalue weighted by Gasteiger charge is 2.37. The molecule has 1 fully saturated rings. The molecule has 1 amide bonds. The zero-order valence-corrected chi connectivity index (χ0v) is 9.54. The van der Waals surface area contributed by atoms with Crippen LogP contribution in [-0.4, -0.2) is 11.6 Å². The number of fused-ring (bicyclic) bond motifs is 1. The van der Waals surface area contributed by atoms with Crippen LogP contribution >= 0.6 is 11.3 Å². The van der Waals surface area contributed by atoms with Crippen LogP contribution in [0.2, 0.25) is 0 Å². The number of carbonyl (C=O) groups excluding carboxylic acids is 1. The van der Waals surface area contributed by atoms with Gasteiger partial charge >= 0.3 is 0 Å². The van der Waals surface area contributed by atoms with E-state index in [0.717, 1.165) is 18.6 Å². The SMILES string of the molecule is O=C(N/N=C1\CC2C=CC[C@H]12)c1cccs1. The maximum Gasteiger partial charge on any atom is 0.281 e. The number of hydrogen-bond acceptors (Lipinski definition) is 3. The Morgan fingerprint density at radius 3 is 3.25 bits per heavy atom. The number of carbonyl (C=O) groups is 1. The molecule has 2 atom stereocenters. The fourth-order valence-corrected chi connectivity index (χ4v) is 2.86. The first-order chi connectivity index (χ1) is 7.84. The number of thiophene rings is 1. The maximum atomic E-state index is 11.6. The summed E-state index contributed by atoms with van der Waals surface area (Å²) in [5, 5.41) is 6.10. The number of hydrogen-bond donors (Lipinski definition) is 1. The van der Waals surface area contributed by atoms with Crippen molar-refractivity contribution in [2.45, 2.75) is 12.8 Å². The molecular weight excluding hydrogens is 220 g/mol. The molecule has 2 aliphatic rings. The number of hydrazone groups is 1. The molecule has 1 heterocycles. The summed E-state index contributed by atoms with van der Waals surface area (Å²) in [5.74, 6) is 1.14. The van der Waals surface area contributed by atoms with E-state index in [1.165, 1.54) is 11.3 Å². The molecule has 1 saturated carbocycles. The Morgan fingerprint density at radius 2 is 2.50 bits per heavy atom. The molecule has 0 aliphatic heterocycles. The monoisotopic (exact) mass is 232 g/mol. The van der Waals surface area contributed by atoms with Gasteiger partial charge in [0.05, 0.1) is 4.88 Å². The molecule has 3 nitrogen and oxygen atoms in total. The van der Waals surface area contributed by atoms with E-state index in [4.69, 9.17) is 0 Å². The Hall–Kier alpha value is -1.42. The van der Waals surface area contributed by atoms with Crippen LogP contribution < -0.4 is 5.43 Å². The number of nitrogens with one attached hydrogen (secondary N) is 1. The van der Waals surface area contributed by atoms with Crippen molar-refractivity contribution in [1.82, 2.24) is 5.43 Å². The van der Waals surface area contributed by atoms with Crippen LogP contribution in [-0.2, 0) is 0 Å². The number of rotatable bonds is 2. The molecule has 0 aromatic carbocycles. The van der Waals surface area contributed by atoms with Gasteiger partial charge in [0.1, 0.15) is 0 Å². The van der Waals surface area contributed by atoms with Gasteiger partial charge in [0.2, 0.25) is 0 Å². The lowest BCUT2D eigenvalue weighted by atomic mass is 9.74. The fraction of sp³-hybridized carbons (Fsp3) is 0.333.